The van der Waals surface area contributed by atoms with Crippen molar-refractivity contribution in [2.45, 2.75) is 44.7 Å². The van der Waals surface area contributed by atoms with E-state index in [-0.39, 0.29) is 12.3 Å². The minimum atomic E-state index is -0.849. The van der Waals surface area contributed by atoms with Gasteiger partial charge in [-0.2, -0.15) is 0 Å². The number of aromatic nitrogens is 1. The molecule has 6 nitrogen and oxygen atoms in total. The first-order valence-electron chi connectivity index (χ1n) is 8.62. The van der Waals surface area contributed by atoms with E-state index >= 15 is 0 Å². The topological polar surface area (TPSA) is 73.7 Å². The molecule has 24 heavy (non-hydrogen) atoms. The molecule has 1 atom stereocenters. The molecule has 0 aliphatic carbocycles. The molecule has 0 radical (unpaired) electrons. The Labute approximate surface area is 142 Å². The van der Waals surface area contributed by atoms with Crippen molar-refractivity contribution in [2.24, 2.45) is 5.92 Å². The van der Waals surface area contributed by atoms with E-state index in [1.807, 2.05) is 6.20 Å². The van der Waals surface area contributed by atoms with Crippen LogP contribution in [0.15, 0.2) is 18.3 Å². The Hall–Kier alpha value is -1.95. The van der Waals surface area contributed by atoms with E-state index in [4.69, 9.17) is 0 Å². The third-order valence-electron chi connectivity index (χ3n) is 5.77. The zero-order valence-electron chi connectivity index (χ0n) is 14.4. The lowest BCUT2D eigenvalue weighted by Gasteiger charge is -2.45. The van der Waals surface area contributed by atoms with Gasteiger partial charge in [0.2, 0.25) is 5.91 Å². The Morgan fingerprint density at radius 2 is 2.08 bits per heavy atom. The predicted molar refractivity (Wildman–Crippen MR) is 89.4 cm³/mol. The highest BCUT2D eigenvalue weighted by Crippen LogP contribution is 2.42. The Balaban J connectivity index is 1.66. The number of rotatable bonds is 4. The van der Waals surface area contributed by atoms with Gasteiger partial charge >= 0.3 is 5.97 Å². The maximum atomic E-state index is 12.0. The lowest BCUT2D eigenvalue weighted by Crippen LogP contribution is -2.55. The second-order valence-electron chi connectivity index (χ2n) is 6.94. The van der Waals surface area contributed by atoms with Gasteiger partial charge in [-0.05, 0) is 30.9 Å². The van der Waals surface area contributed by atoms with Gasteiger partial charge in [-0.3, -0.25) is 19.5 Å². The van der Waals surface area contributed by atoms with Crippen LogP contribution in [0.25, 0.3) is 0 Å². The summed E-state index contributed by atoms with van der Waals surface area (Å²) in [5, 5.41) is 9.51. The molecule has 2 aliphatic heterocycles. The van der Waals surface area contributed by atoms with Crippen molar-refractivity contribution >= 4 is 11.9 Å². The number of aliphatic carboxylic acids is 1. The van der Waals surface area contributed by atoms with Crippen molar-refractivity contribution in [3.63, 3.8) is 0 Å². The fourth-order valence-corrected chi connectivity index (χ4v) is 4.07. The van der Waals surface area contributed by atoms with Crippen LogP contribution in [0.3, 0.4) is 0 Å². The molecule has 0 unspecified atom stereocenters. The molecule has 2 fully saturated rings. The monoisotopic (exact) mass is 331 g/mol. The Morgan fingerprint density at radius 1 is 1.38 bits per heavy atom. The van der Waals surface area contributed by atoms with Gasteiger partial charge in [0.05, 0.1) is 17.2 Å². The van der Waals surface area contributed by atoms with Crippen molar-refractivity contribution < 1.29 is 14.7 Å². The lowest BCUT2D eigenvalue weighted by molar-refractivity contribution is -0.146. The van der Waals surface area contributed by atoms with Gasteiger partial charge in [0.25, 0.3) is 0 Å². The SMILES string of the molecule is CCc1ccc(CN2CCC3(CC2)[C@@H](C(=O)O)CC(=O)N3C)nc1. The number of likely N-dealkylation sites (tertiary alicyclic amines) is 2. The summed E-state index contributed by atoms with van der Waals surface area (Å²) in [4.78, 5) is 32.1. The fraction of sp³-hybridized carbons (Fsp3) is 0.611. The first-order chi connectivity index (χ1) is 11.5. The molecule has 2 aliphatic rings. The highest BCUT2D eigenvalue weighted by Gasteiger charge is 2.55. The largest absolute Gasteiger partial charge is 0.481 e. The van der Waals surface area contributed by atoms with E-state index in [0.717, 1.165) is 31.7 Å². The first kappa shape index (κ1) is 16.9. The zero-order chi connectivity index (χ0) is 17.3. The Morgan fingerprint density at radius 3 is 2.62 bits per heavy atom. The van der Waals surface area contributed by atoms with E-state index in [1.165, 1.54) is 5.56 Å². The average Bonchev–Trinajstić information content (AvgIpc) is 2.83. The van der Waals surface area contributed by atoms with Crippen LogP contribution in [0.2, 0.25) is 0 Å². The number of carbonyl (C=O) groups is 2. The standard InChI is InChI=1S/C18H25N3O3/c1-3-13-4-5-14(19-11-13)12-21-8-6-18(7-9-21)15(17(23)24)10-16(22)20(18)2/h4-5,11,15H,3,6-10,12H2,1-2H3,(H,23,24)/t15-/m1/s1. The number of aryl methyl sites for hydroxylation is 1. The molecule has 0 aromatic carbocycles. The van der Waals surface area contributed by atoms with E-state index < -0.39 is 17.4 Å². The summed E-state index contributed by atoms with van der Waals surface area (Å²) in [6, 6.07) is 4.17. The van der Waals surface area contributed by atoms with Crippen LogP contribution >= 0.6 is 0 Å². The maximum Gasteiger partial charge on any atom is 0.309 e. The average molecular weight is 331 g/mol. The van der Waals surface area contributed by atoms with Crippen LogP contribution in [-0.4, -0.2) is 57.4 Å². The quantitative estimate of drug-likeness (QED) is 0.906. The van der Waals surface area contributed by atoms with Crippen molar-refractivity contribution in [1.29, 1.82) is 0 Å². The summed E-state index contributed by atoms with van der Waals surface area (Å²) in [6.07, 6.45) is 4.45. The molecule has 0 bridgehead atoms. The van der Waals surface area contributed by atoms with Crippen LogP contribution in [-0.2, 0) is 22.6 Å². The molecular weight excluding hydrogens is 306 g/mol. The molecule has 130 valence electrons. The number of nitrogens with zero attached hydrogens (tertiary/aromatic N) is 3. The lowest BCUT2D eigenvalue weighted by atomic mass is 9.77. The number of pyridine rings is 1. The van der Waals surface area contributed by atoms with Crippen LogP contribution in [0.4, 0.5) is 0 Å². The predicted octanol–water partition coefficient (Wildman–Crippen LogP) is 1.54. The van der Waals surface area contributed by atoms with Crippen LogP contribution in [0.1, 0.15) is 37.4 Å². The Kier molecular flexibility index (Phi) is 4.58. The van der Waals surface area contributed by atoms with Gasteiger partial charge in [0, 0.05) is 39.3 Å². The van der Waals surface area contributed by atoms with Gasteiger partial charge < -0.3 is 10.0 Å². The van der Waals surface area contributed by atoms with Crippen molar-refractivity contribution in [1.82, 2.24) is 14.8 Å². The maximum absolute atomic E-state index is 12.0. The molecule has 1 aromatic heterocycles. The normalized spacial score (nSPS) is 23.8. The molecule has 6 heteroatoms. The van der Waals surface area contributed by atoms with Gasteiger partial charge in [-0.1, -0.05) is 13.0 Å². The van der Waals surface area contributed by atoms with E-state index in [0.29, 0.717) is 12.8 Å². The first-order valence-corrected chi connectivity index (χ1v) is 8.62. The van der Waals surface area contributed by atoms with Crippen molar-refractivity contribution in [3.05, 3.63) is 29.6 Å². The number of hydrogen-bond donors (Lipinski definition) is 1. The second kappa shape index (κ2) is 6.51. The molecule has 0 saturated carbocycles. The van der Waals surface area contributed by atoms with Crippen molar-refractivity contribution in [2.75, 3.05) is 20.1 Å². The number of amides is 1. The molecular formula is C18H25N3O3. The van der Waals surface area contributed by atoms with Gasteiger partial charge in [-0.15, -0.1) is 0 Å². The molecule has 1 N–H and O–H groups in total. The summed E-state index contributed by atoms with van der Waals surface area (Å²) in [6.45, 7) is 4.46. The molecule has 1 amide bonds. The highest BCUT2D eigenvalue weighted by molar-refractivity contribution is 5.88. The third-order valence-corrected chi connectivity index (χ3v) is 5.77. The number of piperidine rings is 1. The third kappa shape index (κ3) is 2.90. The van der Waals surface area contributed by atoms with Gasteiger partial charge in [0.15, 0.2) is 0 Å². The number of carboxylic acids is 1. The fourth-order valence-electron chi connectivity index (χ4n) is 4.07. The summed E-state index contributed by atoms with van der Waals surface area (Å²) in [5.74, 6) is -1.48. The minimum absolute atomic E-state index is 0.0485. The number of carbonyl (C=O) groups excluding carboxylic acids is 1. The second-order valence-corrected chi connectivity index (χ2v) is 6.94. The van der Waals surface area contributed by atoms with Crippen LogP contribution < -0.4 is 0 Å². The summed E-state index contributed by atoms with van der Waals surface area (Å²) < 4.78 is 0. The smallest absolute Gasteiger partial charge is 0.309 e. The van der Waals surface area contributed by atoms with E-state index in [9.17, 15) is 14.7 Å². The highest BCUT2D eigenvalue weighted by atomic mass is 16.4. The van der Waals surface area contributed by atoms with Gasteiger partial charge in [-0.25, -0.2) is 0 Å². The molecule has 3 rings (SSSR count). The minimum Gasteiger partial charge on any atom is -0.481 e. The number of carboxylic acid groups (broad SMARTS) is 1. The molecule has 1 aromatic rings. The Bertz CT molecular complexity index is 621. The molecule has 3 heterocycles. The van der Waals surface area contributed by atoms with Gasteiger partial charge in [0.1, 0.15) is 0 Å². The molecule has 2 saturated heterocycles. The van der Waals surface area contributed by atoms with Crippen LogP contribution in [0.5, 0.6) is 0 Å². The van der Waals surface area contributed by atoms with Crippen LogP contribution in [0, 0.1) is 5.92 Å². The van der Waals surface area contributed by atoms with Crippen molar-refractivity contribution in [3.8, 4) is 0 Å². The summed E-state index contributed by atoms with van der Waals surface area (Å²) in [7, 11) is 1.76. The summed E-state index contributed by atoms with van der Waals surface area (Å²) in [5.41, 5.74) is 1.75. The molecule has 1 spiro atoms. The number of hydrogen-bond acceptors (Lipinski definition) is 4. The van der Waals surface area contributed by atoms with E-state index in [2.05, 4.69) is 28.9 Å². The summed E-state index contributed by atoms with van der Waals surface area (Å²) >= 11 is 0. The van der Waals surface area contributed by atoms with E-state index in [1.54, 1.807) is 11.9 Å². The zero-order valence-corrected chi connectivity index (χ0v) is 14.4.